The van der Waals surface area contributed by atoms with E-state index in [1.165, 1.54) is 0 Å². The Hall–Kier alpha value is -3.56. The summed E-state index contributed by atoms with van der Waals surface area (Å²) >= 11 is 0. The van der Waals surface area contributed by atoms with Gasteiger partial charge in [-0.3, -0.25) is 0 Å². The maximum atomic E-state index is 6.44. The molecule has 1 atom stereocenters. The molecule has 154 valence electrons. The van der Waals surface area contributed by atoms with Crippen LogP contribution in [0.2, 0.25) is 0 Å². The number of hydrogen-bond donors (Lipinski definition) is 0. The highest BCUT2D eigenvalue weighted by molar-refractivity contribution is 5.78. The molecule has 3 heteroatoms. The molecule has 1 unspecified atom stereocenters. The van der Waals surface area contributed by atoms with Crippen molar-refractivity contribution in [2.24, 2.45) is 0 Å². The van der Waals surface area contributed by atoms with Crippen molar-refractivity contribution >= 4 is 0 Å². The highest BCUT2D eigenvalue weighted by Gasteiger charge is 2.31. The van der Waals surface area contributed by atoms with Gasteiger partial charge in [-0.05, 0) is 28.3 Å². The van der Waals surface area contributed by atoms with Crippen molar-refractivity contribution in [3.63, 3.8) is 0 Å². The predicted octanol–water partition coefficient (Wildman–Crippen LogP) is 6.58. The monoisotopic (exact) mass is 408 g/mol. The predicted molar refractivity (Wildman–Crippen MR) is 122 cm³/mol. The largest absolute Gasteiger partial charge is 0.485 e. The summed E-state index contributed by atoms with van der Waals surface area (Å²) in [5.74, 6) is 1.50. The molecule has 4 aromatic rings. The first kappa shape index (κ1) is 19.4. The van der Waals surface area contributed by atoms with Crippen molar-refractivity contribution in [1.29, 1.82) is 0 Å². The van der Waals surface area contributed by atoms with Crippen LogP contribution < -0.4 is 9.47 Å². The third-order valence-corrected chi connectivity index (χ3v) is 5.36. The van der Waals surface area contributed by atoms with E-state index in [9.17, 15) is 0 Å². The molecule has 0 amide bonds. The minimum atomic E-state index is 0.109. The van der Waals surface area contributed by atoms with Gasteiger partial charge < -0.3 is 14.2 Å². The fraction of sp³-hybridized carbons (Fsp3) is 0.143. The minimum Gasteiger partial charge on any atom is -0.485 e. The molecule has 3 nitrogen and oxygen atoms in total. The van der Waals surface area contributed by atoms with Crippen LogP contribution in [0.3, 0.4) is 0 Å². The molecule has 5 rings (SSSR count). The van der Waals surface area contributed by atoms with Gasteiger partial charge in [0.15, 0.2) is 11.5 Å². The Morgan fingerprint density at radius 1 is 0.645 bits per heavy atom. The number of hydrogen-bond acceptors (Lipinski definition) is 3. The van der Waals surface area contributed by atoms with E-state index in [2.05, 4.69) is 42.5 Å². The standard InChI is InChI=1S/C28H24O3/c1-4-10-21(11-5-1)18-29-25-17-16-24(26-20-30-26)27(23-14-8-3-9-15-23)28(25)31-19-22-12-6-2-7-13-22/h1-17,26H,18-20H2. The normalized spacial score (nSPS) is 14.8. The van der Waals surface area contributed by atoms with Gasteiger partial charge in [0.1, 0.15) is 19.3 Å². The summed E-state index contributed by atoms with van der Waals surface area (Å²) in [5, 5.41) is 0. The molecular weight excluding hydrogens is 384 g/mol. The van der Waals surface area contributed by atoms with Crippen LogP contribution in [0.25, 0.3) is 11.1 Å². The summed E-state index contributed by atoms with van der Waals surface area (Å²) in [7, 11) is 0. The quantitative estimate of drug-likeness (QED) is 0.308. The number of benzene rings is 4. The van der Waals surface area contributed by atoms with Gasteiger partial charge in [0.05, 0.1) is 6.61 Å². The van der Waals surface area contributed by atoms with Crippen molar-refractivity contribution in [2.45, 2.75) is 19.3 Å². The lowest BCUT2D eigenvalue weighted by Crippen LogP contribution is -2.04. The molecule has 0 saturated carbocycles. The Labute approximate surface area is 182 Å². The van der Waals surface area contributed by atoms with Gasteiger partial charge in [0, 0.05) is 5.56 Å². The van der Waals surface area contributed by atoms with E-state index < -0.39 is 0 Å². The van der Waals surface area contributed by atoms with E-state index >= 15 is 0 Å². The molecule has 1 fully saturated rings. The molecule has 0 aromatic heterocycles. The maximum Gasteiger partial charge on any atom is 0.169 e. The molecule has 1 heterocycles. The SMILES string of the molecule is c1ccc(COc2ccc(C3CO3)c(-c3ccccc3)c2OCc2ccccc2)cc1. The van der Waals surface area contributed by atoms with Crippen LogP contribution in [0.15, 0.2) is 103 Å². The first-order chi connectivity index (χ1) is 15.4. The Balaban J connectivity index is 1.54. The molecule has 0 bridgehead atoms. The average molecular weight is 408 g/mol. The van der Waals surface area contributed by atoms with Crippen LogP contribution >= 0.6 is 0 Å². The van der Waals surface area contributed by atoms with Gasteiger partial charge in [0.25, 0.3) is 0 Å². The zero-order valence-electron chi connectivity index (χ0n) is 17.2. The Bertz CT molecular complexity index is 1120. The maximum absolute atomic E-state index is 6.44. The zero-order chi connectivity index (χ0) is 20.9. The fourth-order valence-electron chi connectivity index (χ4n) is 3.70. The Morgan fingerprint density at radius 3 is 1.77 bits per heavy atom. The van der Waals surface area contributed by atoms with Crippen LogP contribution in [0.5, 0.6) is 11.5 Å². The second kappa shape index (κ2) is 9.07. The lowest BCUT2D eigenvalue weighted by Gasteiger charge is -2.20. The second-order valence-electron chi connectivity index (χ2n) is 7.59. The minimum absolute atomic E-state index is 0.109. The molecule has 4 aromatic carbocycles. The van der Waals surface area contributed by atoms with Gasteiger partial charge in [-0.1, -0.05) is 97.1 Å². The molecule has 0 N–H and O–H groups in total. The van der Waals surface area contributed by atoms with E-state index in [0.717, 1.165) is 45.9 Å². The Kier molecular flexibility index (Phi) is 5.68. The number of rotatable bonds is 8. The van der Waals surface area contributed by atoms with E-state index in [1.54, 1.807) is 0 Å². The van der Waals surface area contributed by atoms with Crippen LogP contribution in [0.1, 0.15) is 22.8 Å². The summed E-state index contributed by atoms with van der Waals surface area (Å²) < 4.78 is 18.3. The molecule has 0 spiro atoms. The first-order valence-electron chi connectivity index (χ1n) is 10.6. The third kappa shape index (κ3) is 4.62. The summed E-state index contributed by atoms with van der Waals surface area (Å²) in [6.07, 6.45) is 0.109. The Morgan fingerprint density at radius 2 is 1.19 bits per heavy atom. The molecule has 0 radical (unpaired) electrons. The van der Waals surface area contributed by atoms with Gasteiger partial charge in [-0.25, -0.2) is 0 Å². The highest BCUT2D eigenvalue weighted by Crippen LogP contribution is 2.47. The summed E-state index contributed by atoms with van der Waals surface area (Å²) in [4.78, 5) is 0. The number of epoxide rings is 1. The molecule has 0 aliphatic carbocycles. The first-order valence-corrected chi connectivity index (χ1v) is 10.6. The molecule has 31 heavy (non-hydrogen) atoms. The molecule has 1 aliphatic heterocycles. The smallest absolute Gasteiger partial charge is 0.169 e. The van der Waals surface area contributed by atoms with Crippen LogP contribution in [0.4, 0.5) is 0 Å². The van der Waals surface area contributed by atoms with Crippen molar-refractivity contribution in [3.8, 4) is 22.6 Å². The summed E-state index contributed by atoms with van der Waals surface area (Å²) in [6.45, 7) is 1.69. The molecule has 1 aliphatic rings. The second-order valence-corrected chi connectivity index (χ2v) is 7.59. The van der Waals surface area contributed by atoms with E-state index in [4.69, 9.17) is 14.2 Å². The van der Waals surface area contributed by atoms with E-state index in [0.29, 0.717) is 13.2 Å². The van der Waals surface area contributed by atoms with Gasteiger partial charge in [-0.2, -0.15) is 0 Å². The molecule has 1 saturated heterocycles. The number of ether oxygens (including phenoxy) is 3. The fourth-order valence-corrected chi connectivity index (χ4v) is 3.70. The van der Waals surface area contributed by atoms with Crippen LogP contribution in [0, 0.1) is 0 Å². The van der Waals surface area contributed by atoms with E-state index in [1.807, 2.05) is 60.7 Å². The van der Waals surface area contributed by atoms with Crippen molar-refractivity contribution in [1.82, 2.24) is 0 Å². The van der Waals surface area contributed by atoms with E-state index in [-0.39, 0.29) is 6.10 Å². The third-order valence-electron chi connectivity index (χ3n) is 5.36. The highest BCUT2D eigenvalue weighted by atomic mass is 16.6. The van der Waals surface area contributed by atoms with Gasteiger partial charge in [0.2, 0.25) is 0 Å². The van der Waals surface area contributed by atoms with Crippen molar-refractivity contribution in [3.05, 3.63) is 120 Å². The van der Waals surface area contributed by atoms with Gasteiger partial charge >= 0.3 is 0 Å². The summed E-state index contributed by atoms with van der Waals surface area (Å²) in [5.41, 5.74) is 5.52. The van der Waals surface area contributed by atoms with Gasteiger partial charge in [-0.15, -0.1) is 0 Å². The van der Waals surface area contributed by atoms with Crippen molar-refractivity contribution in [2.75, 3.05) is 6.61 Å². The molecular formula is C28H24O3. The average Bonchev–Trinajstić information content (AvgIpc) is 3.68. The van der Waals surface area contributed by atoms with Crippen LogP contribution in [-0.4, -0.2) is 6.61 Å². The topological polar surface area (TPSA) is 31.0 Å². The summed E-state index contributed by atoms with van der Waals surface area (Å²) in [6, 6.07) is 34.8. The lowest BCUT2D eigenvalue weighted by atomic mass is 9.96. The lowest BCUT2D eigenvalue weighted by molar-refractivity contribution is 0.256. The van der Waals surface area contributed by atoms with Crippen molar-refractivity contribution < 1.29 is 14.2 Å². The van der Waals surface area contributed by atoms with Crippen LogP contribution in [-0.2, 0) is 18.0 Å². The zero-order valence-corrected chi connectivity index (χ0v) is 17.2.